The monoisotopic (exact) mass is 418 g/mol. The maximum absolute atomic E-state index is 13.4. The number of hydrogen-bond acceptors (Lipinski definition) is 5. The fourth-order valence-corrected chi connectivity index (χ4v) is 7.27. The molecule has 5 rings (SSSR count). The van der Waals surface area contributed by atoms with E-state index in [1.54, 1.807) is 34.5 Å². The Morgan fingerprint density at radius 3 is 2.68 bits per heavy atom. The molecule has 148 valence electrons. The molecule has 0 radical (unpaired) electrons. The Labute approximate surface area is 168 Å². The van der Waals surface area contributed by atoms with Crippen molar-refractivity contribution in [2.24, 2.45) is 0 Å². The van der Waals surface area contributed by atoms with Gasteiger partial charge in [-0.15, -0.1) is 11.8 Å². The highest BCUT2D eigenvalue weighted by molar-refractivity contribution is 7.99. The standard InChI is InChI=1S/C20H22N2O4S2/c23-19-4-3-14-12-16(13-15-5-8-22(19)20(14)15)28(24,25)21-7-6-18(27-11-9-21)17-2-1-10-26-17/h1-2,10,12-13,18H,3-9,11H2/t18-/m1/s1. The number of carbonyl (C=O) groups excluding carboxylic acids is 1. The molecular formula is C20H22N2O4S2. The minimum absolute atomic E-state index is 0.148. The Balaban J connectivity index is 1.43. The fourth-order valence-electron chi connectivity index (χ4n) is 4.42. The molecule has 1 fully saturated rings. The summed E-state index contributed by atoms with van der Waals surface area (Å²) >= 11 is 1.75. The number of benzene rings is 1. The van der Waals surface area contributed by atoms with Crippen LogP contribution in [0, 0.1) is 0 Å². The van der Waals surface area contributed by atoms with Crippen molar-refractivity contribution < 1.29 is 17.6 Å². The highest BCUT2D eigenvalue weighted by Crippen LogP contribution is 2.40. The zero-order valence-corrected chi connectivity index (χ0v) is 17.1. The summed E-state index contributed by atoms with van der Waals surface area (Å²) in [6.45, 7) is 1.65. The zero-order chi connectivity index (χ0) is 19.3. The van der Waals surface area contributed by atoms with E-state index < -0.39 is 10.0 Å². The van der Waals surface area contributed by atoms with Crippen molar-refractivity contribution in [1.82, 2.24) is 4.31 Å². The van der Waals surface area contributed by atoms with Gasteiger partial charge in [0.05, 0.1) is 22.1 Å². The lowest BCUT2D eigenvalue weighted by molar-refractivity contribution is -0.118. The van der Waals surface area contributed by atoms with E-state index in [9.17, 15) is 13.2 Å². The average molecular weight is 419 g/mol. The van der Waals surface area contributed by atoms with Gasteiger partial charge in [0.2, 0.25) is 15.9 Å². The van der Waals surface area contributed by atoms with Crippen molar-refractivity contribution in [1.29, 1.82) is 0 Å². The van der Waals surface area contributed by atoms with Crippen LogP contribution < -0.4 is 4.90 Å². The molecule has 3 aliphatic heterocycles. The first-order chi connectivity index (χ1) is 13.5. The number of sulfonamides is 1. The van der Waals surface area contributed by atoms with Crippen LogP contribution in [0.5, 0.6) is 0 Å². The highest BCUT2D eigenvalue weighted by Gasteiger charge is 2.35. The Kier molecular flexibility index (Phi) is 4.52. The maximum Gasteiger partial charge on any atom is 0.243 e. The van der Waals surface area contributed by atoms with Crippen LogP contribution in [0.1, 0.15) is 35.0 Å². The van der Waals surface area contributed by atoms with Crippen LogP contribution in [0.15, 0.2) is 39.8 Å². The van der Waals surface area contributed by atoms with E-state index in [1.807, 2.05) is 17.0 Å². The van der Waals surface area contributed by atoms with Crippen molar-refractivity contribution in [2.75, 3.05) is 30.3 Å². The smallest absolute Gasteiger partial charge is 0.243 e. The SMILES string of the molecule is O=C1CCc2cc(S(=O)(=O)N3CCS[C@@H](c4ccco4)CC3)cc3c2N1CC3. The molecule has 0 spiro atoms. The number of hydrogen-bond donors (Lipinski definition) is 0. The maximum atomic E-state index is 13.4. The molecule has 1 atom stereocenters. The minimum Gasteiger partial charge on any atom is -0.468 e. The molecular weight excluding hydrogens is 396 g/mol. The van der Waals surface area contributed by atoms with Crippen LogP contribution in [0.25, 0.3) is 0 Å². The van der Waals surface area contributed by atoms with E-state index in [4.69, 9.17) is 4.42 Å². The average Bonchev–Trinajstić information content (AvgIpc) is 3.30. The molecule has 3 aliphatic rings. The molecule has 4 heterocycles. The molecule has 0 saturated carbocycles. The summed E-state index contributed by atoms with van der Waals surface area (Å²) < 4.78 is 33.9. The van der Waals surface area contributed by atoms with Crippen LogP contribution >= 0.6 is 11.8 Å². The second kappa shape index (κ2) is 6.93. The molecule has 1 saturated heterocycles. The van der Waals surface area contributed by atoms with Crippen molar-refractivity contribution in [3.63, 3.8) is 0 Å². The van der Waals surface area contributed by atoms with E-state index in [2.05, 4.69) is 0 Å². The molecule has 0 N–H and O–H groups in total. The molecule has 1 aromatic heterocycles. The summed E-state index contributed by atoms with van der Waals surface area (Å²) in [6.07, 6.45) is 4.21. The first kappa shape index (κ1) is 18.3. The van der Waals surface area contributed by atoms with Crippen molar-refractivity contribution in [2.45, 2.75) is 35.8 Å². The first-order valence-electron chi connectivity index (χ1n) is 9.65. The van der Waals surface area contributed by atoms with E-state index in [0.717, 1.165) is 41.2 Å². The number of rotatable bonds is 3. The van der Waals surface area contributed by atoms with Gasteiger partial charge in [-0.3, -0.25) is 4.79 Å². The van der Waals surface area contributed by atoms with Gasteiger partial charge >= 0.3 is 0 Å². The molecule has 1 aromatic carbocycles. The summed E-state index contributed by atoms with van der Waals surface area (Å²) in [5.74, 6) is 1.80. The molecule has 1 amide bonds. The Bertz CT molecular complexity index is 1020. The van der Waals surface area contributed by atoms with E-state index in [-0.39, 0.29) is 11.2 Å². The third-order valence-corrected chi connectivity index (χ3v) is 8.99. The summed E-state index contributed by atoms with van der Waals surface area (Å²) in [7, 11) is -3.55. The van der Waals surface area contributed by atoms with Gasteiger partial charge in [0.1, 0.15) is 5.76 Å². The van der Waals surface area contributed by atoms with Crippen LogP contribution in [-0.4, -0.2) is 44.0 Å². The van der Waals surface area contributed by atoms with Gasteiger partial charge in [-0.1, -0.05) is 0 Å². The molecule has 0 bridgehead atoms. The van der Waals surface area contributed by atoms with Crippen LogP contribution in [0.3, 0.4) is 0 Å². The number of anilines is 1. The Morgan fingerprint density at radius 2 is 1.89 bits per heavy atom. The topological polar surface area (TPSA) is 70.8 Å². The number of aryl methyl sites for hydroxylation is 1. The van der Waals surface area contributed by atoms with Crippen molar-refractivity contribution in [3.05, 3.63) is 47.4 Å². The van der Waals surface area contributed by atoms with E-state index in [1.165, 1.54) is 0 Å². The van der Waals surface area contributed by atoms with Crippen LogP contribution in [0.2, 0.25) is 0 Å². The summed E-state index contributed by atoms with van der Waals surface area (Å²) in [5, 5.41) is 0.191. The lowest BCUT2D eigenvalue weighted by atomic mass is 10.00. The van der Waals surface area contributed by atoms with Gasteiger partial charge in [0.25, 0.3) is 0 Å². The van der Waals surface area contributed by atoms with E-state index in [0.29, 0.717) is 37.4 Å². The van der Waals surface area contributed by atoms with Crippen molar-refractivity contribution in [3.8, 4) is 0 Å². The fraction of sp³-hybridized carbons (Fsp3) is 0.450. The van der Waals surface area contributed by atoms with Gasteiger partial charge < -0.3 is 9.32 Å². The molecule has 2 aromatic rings. The molecule has 8 heteroatoms. The quantitative estimate of drug-likeness (QED) is 0.766. The molecule has 28 heavy (non-hydrogen) atoms. The van der Waals surface area contributed by atoms with Gasteiger partial charge in [-0.05, 0) is 54.7 Å². The molecule has 0 unspecified atom stereocenters. The van der Waals surface area contributed by atoms with E-state index >= 15 is 0 Å². The summed E-state index contributed by atoms with van der Waals surface area (Å²) in [6, 6.07) is 7.41. The highest BCUT2D eigenvalue weighted by atomic mass is 32.2. The molecule has 6 nitrogen and oxygen atoms in total. The molecule has 0 aliphatic carbocycles. The third kappa shape index (κ3) is 2.98. The predicted octanol–water partition coefficient (Wildman–Crippen LogP) is 2.98. The second-order valence-electron chi connectivity index (χ2n) is 7.45. The summed E-state index contributed by atoms with van der Waals surface area (Å²) in [5.41, 5.74) is 2.94. The minimum atomic E-state index is -3.55. The van der Waals surface area contributed by atoms with Gasteiger partial charge in [0.15, 0.2) is 0 Å². The number of carbonyl (C=O) groups is 1. The summed E-state index contributed by atoms with van der Waals surface area (Å²) in [4.78, 5) is 14.3. The number of thioether (sulfide) groups is 1. The largest absolute Gasteiger partial charge is 0.468 e. The van der Waals surface area contributed by atoms with Crippen LogP contribution in [0.4, 0.5) is 5.69 Å². The first-order valence-corrected chi connectivity index (χ1v) is 12.1. The van der Waals surface area contributed by atoms with Gasteiger partial charge in [-0.25, -0.2) is 8.42 Å². The third-order valence-electron chi connectivity index (χ3n) is 5.82. The Morgan fingerprint density at radius 1 is 1.07 bits per heavy atom. The number of nitrogens with zero attached hydrogens (tertiary/aromatic N) is 2. The zero-order valence-electron chi connectivity index (χ0n) is 15.5. The lowest BCUT2D eigenvalue weighted by Gasteiger charge is -2.26. The normalized spacial score (nSPS) is 22.9. The van der Waals surface area contributed by atoms with Gasteiger partial charge in [0, 0.05) is 31.8 Å². The second-order valence-corrected chi connectivity index (χ2v) is 10.7. The van der Waals surface area contributed by atoms with Crippen molar-refractivity contribution >= 4 is 33.4 Å². The predicted molar refractivity (Wildman–Crippen MR) is 108 cm³/mol. The van der Waals surface area contributed by atoms with Crippen LogP contribution in [-0.2, 0) is 27.7 Å². The number of furan rings is 1. The van der Waals surface area contributed by atoms with Gasteiger partial charge in [-0.2, -0.15) is 4.31 Å². The lowest BCUT2D eigenvalue weighted by Crippen LogP contribution is -2.34. The Hall–Kier alpha value is -1.77. The number of amides is 1.